The summed E-state index contributed by atoms with van der Waals surface area (Å²) in [5.41, 5.74) is 0.318. The van der Waals surface area contributed by atoms with E-state index in [0.717, 1.165) is 37.4 Å². The van der Waals surface area contributed by atoms with Gasteiger partial charge in [0.25, 0.3) is 0 Å². The first kappa shape index (κ1) is 35.2. The molecule has 0 spiro atoms. The lowest BCUT2D eigenvalue weighted by Gasteiger charge is -2.42. The molecule has 53 heavy (non-hydrogen) atoms. The summed E-state index contributed by atoms with van der Waals surface area (Å²) < 4.78 is 90.5. The molecule has 1 saturated carbocycles. The van der Waals surface area contributed by atoms with Crippen molar-refractivity contribution in [2.45, 2.75) is 50.4 Å². The molecule has 3 saturated heterocycles. The molecule has 11 nitrogen and oxygen atoms in total. The summed E-state index contributed by atoms with van der Waals surface area (Å²) >= 11 is 0. The standard InChI is InChI=1S/C37H37F5N6O5/c1-3-24-26(38)7-4-20-14-23(49)15-25(27(20)24)30-29(39)31-28(33(43-30)51-2)32(47-16-21-5-6-22(17-47)48(21)34(50)37(40,41)42)45-35(44-31)53-19-36(8-9-36)18-46-10-12-52-13-11-46/h1,4,7,14,21-22,43,49H,5-6,8-13,15-19H2,2H3/t21-,22+. The molecule has 1 aromatic heterocycles. The molecule has 0 radical (unpaired) electrons. The summed E-state index contributed by atoms with van der Waals surface area (Å²) in [6.45, 7) is 3.89. The van der Waals surface area contributed by atoms with Crippen LogP contribution in [0.4, 0.5) is 27.8 Å². The molecule has 16 heteroatoms. The molecular weight excluding hydrogens is 703 g/mol. The number of aliphatic hydroxyl groups excluding tert-OH is 1. The van der Waals surface area contributed by atoms with Crippen LogP contribution in [0.15, 0.2) is 23.6 Å². The summed E-state index contributed by atoms with van der Waals surface area (Å²) in [6.07, 6.45) is 4.45. The van der Waals surface area contributed by atoms with Gasteiger partial charge in [-0.05, 0) is 49.0 Å². The first-order valence-corrected chi connectivity index (χ1v) is 17.5. The zero-order chi connectivity index (χ0) is 37.2. The number of terminal acetylenes is 1. The number of hydrogen-bond donors (Lipinski definition) is 2. The SMILES string of the molecule is C#Cc1c(F)ccc2c1C(=C1NC(OC)=c3c(N4C[C@H]5CC[C@@H](C4)N5C(=O)C(F)(F)F)nc(OCC4(CN5CCOCC5)CC4)nc3=C1F)CC(O)=C2. The number of aromatic nitrogens is 2. The number of hydrogen-bond acceptors (Lipinski definition) is 10. The van der Waals surface area contributed by atoms with Gasteiger partial charge in [-0.1, -0.05) is 12.0 Å². The third-order valence-electron chi connectivity index (χ3n) is 11.0. The summed E-state index contributed by atoms with van der Waals surface area (Å²) in [5.74, 6) is -1.07. The van der Waals surface area contributed by atoms with Gasteiger partial charge in [0.15, 0.2) is 5.83 Å². The minimum Gasteiger partial charge on any atom is -0.512 e. The number of carbonyl (C=O) groups excluding carboxylic acids is 1. The van der Waals surface area contributed by atoms with Crippen molar-refractivity contribution in [1.82, 2.24) is 25.1 Å². The van der Waals surface area contributed by atoms with Crippen molar-refractivity contribution >= 4 is 35.1 Å². The maximum atomic E-state index is 17.2. The average molecular weight is 741 g/mol. The fourth-order valence-electron chi connectivity index (χ4n) is 8.22. The van der Waals surface area contributed by atoms with Crippen molar-refractivity contribution in [2.75, 3.05) is 64.6 Å². The van der Waals surface area contributed by atoms with Crippen LogP contribution >= 0.6 is 0 Å². The summed E-state index contributed by atoms with van der Waals surface area (Å²) in [5, 5.41) is 13.5. The minimum absolute atomic E-state index is 0.00632. The molecule has 2 aliphatic carbocycles. The maximum absolute atomic E-state index is 17.2. The summed E-state index contributed by atoms with van der Waals surface area (Å²) in [6, 6.07) is 0.936. The van der Waals surface area contributed by atoms with Crippen LogP contribution in [0.5, 0.6) is 6.01 Å². The molecule has 0 unspecified atom stereocenters. The highest BCUT2D eigenvalue weighted by Gasteiger charge is 2.52. The summed E-state index contributed by atoms with van der Waals surface area (Å²) in [4.78, 5) is 26.6. The number of ether oxygens (including phenoxy) is 3. The van der Waals surface area contributed by atoms with Crippen LogP contribution in [0.1, 0.15) is 48.8 Å². The molecular formula is C37H37F5N6O5. The number of alkyl halides is 3. The van der Waals surface area contributed by atoms with Crippen molar-refractivity contribution in [3.63, 3.8) is 0 Å². The third-order valence-corrected chi connectivity index (χ3v) is 11.0. The lowest BCUT2D eigenvalue weighted by Crippen LogP contribution is -2.60. The highest BCUT2D eigenvalue weighted by Crippen LogP contribution is 2.47. The Labute approximate surface area is 301 Å². The highest BCUT2D eigenvalue weighted by atomic mass is 19.4. The lowest BCUT2D eigenvalue weighted by molar-refractivity contribution is -0.188. The molecule has 2 bridgehead atoms. The van der Waals surface area contributed by atoms with Crippen LogP contribution in [0.25, 0.3) is 23.4 Å². The molecule has 280 valence electrons. The van der Waals surface area contributed by atoms with Crippen molar-refractivity contribution in [2.24, 2.45) is 5.41 Å². The van der Waals surface area contributed by atoms with E-state index >= 15 is 8.78 Å². The van der Waals surface area contributed by atoms with Gasteiger partial charge in [0.2, 0.25) is 5.88 Å². The number of benzene rings is 1. The first-order chi connectivity index (χ1) is 25.4. The normalized spacial score (nSPS) is 24.9. The van der Waals surface area contributed by atoms with Crippen molar-refractivity contribution in [3.8, 4) is 18.4 Å². The molecule has 4 aliphatic heterocycles. The number of nitrogens with one attached hydrogen (secondary N) is 1. The second kappa shape index (κ2) is 13.2. The number of fused-ring (bicyclic) bond motifs is 4. The van der Waals surface area contributed by atoms with E-state index in [0.29, 0.717) is 31.6 Å². The Morgan fingerprint density at radius 2 is 1.87 bits per heavy atom. The zero-order valence-corrected chi connectivity index (χ0v) is 28.9. The van der Waals surface area contributed by atoms with Crippen LogP contribution in [-0.2, 0) is 14.3 Å². The van der Waals surface area contributed by atoms with E-state index in [1.165, 1.54) is 25.3 Å². The molecule has 6 aliphatic rings. The fourth-order valence-corrected chi connectivity index (χ4v) is 8.22. The van der Waals surface area contributed by atoms with Crippen LogP contribution in [-0.4, -0.2) is 109 Å². The zero-order valence-electron chi connectivity index (χ0n) is 28.9. The van der Waals surface area contributed by atoms with Gasteiger partial charge in [0.05, 0.1) is 56.0 Å². The van der Waals surface area contributed by atoms with Crippen LogP contribution in [0, 0.1) is 23.6 Å². The molecule has 2 atom stereocenters. The van der Waals surface area contributed by atoms with E-state index in [2.05, 4.69) is 21.1 Å². The summed E-state index contributed by atoms with van der Waals surface area (Å²) in [7, 11) is 1.34. The number of carbonyl (C=O) groups is 1. The fraction of sp³-hybridized carbons (Fsp3) is 0.486. The topological polar surface area (TPSA) is 113 Å². The van der Waals surface area contributed by atoms with E-state index in [9.17, 15) is 23.1 Å². The number of piperazine rings is 1. The maximum Gasteiger partial charge on any atom is 0.471 e. The van der Waals surface area contributed by atoms with E-state index < -0.39 is 35.8 Å². The Balaban J connectivity index is 1.25. The number of aliphatic hydroxyl groups is 1. The van der Waals surface area contributed by atoms with Gasteiger partial charge >= 0.3 is 18.1 Å². The predicted octanol–water partition coefficient (Wildman–Crippen LogP) is 2.94. The van der Waals surface area contributed by atoms with Gasteiger partial charge in [-0.3, -0.25) is 9.69 Å². The highest BCUT2D eigenvalue weighted by molar-refractivity contribution is 5.91. The third kappa shape index (κ3) is 6.33. The second-order valence-electron chi connectivity index (χ2n) is 14.4. The minimum atomic E-state index is -5.02. The van der Waals surface area contributed by atoms with Gasteiger partial charge in [0, 0.05) is 50.1 Å². The molecule has 1 amide bonds. The second-order valence-corrected chi connectivity index (χ2v) is 14.4. The van der Waals surface area contributed by atoms with Crippen molar-refractivity contribution in [3.05, 3.63) is 56.7 Å². The Bertz CT molecular complexity index is 2090. The van der Waals surface area contributed by atoms with E-state index in [1.54, 1.807) is 4.90 Å². The molecule has 1 aromatic carbocycles. The smallest absolute Gasteiger partial charge is 0.471 e. The van der Waals surface area contributed by atoms with Crippen LogP contribution in [0.3, 0.4) is 0 Å². The number of halogens is 5. The van der Waals surface area contributed by atoms with Crippen molar-refractivity contribution in [1.29, 1.82) is 0 Å². The number of nitrogens with zero attached hydrogens (tertiary/aromatic N) is 5. The molecule has 2 aromatic rings. The number of morpholine rings is 1. The van der Waals surface area contributed by atoms with Gasteiger partial charge in [0.1, 0.15) is 22.2 Å². The number of amides is 1. The van der Waals surface area contributed by atoms with Gasteiger partial charge < -0.3 is 34.4 Å². The Morgan fingerprint density at radius 3 is 2.51 bits per heavy atom. The lowest BCUT2D eigenvalue weighted by atomic mass is 9.85. The number of methoxy groups -OCH3 is 1. The van der Waals surface area contributed by atoms with E-state index in [4.69, 9.17) is 25.6 Å². The monoisotopic (exact) mass is 740 g/mol. The van der Waals surface area contributed by atoms with Gasteiger partial charge in [-0.2, -0.15) is 23.1 Å². The predicted molar refractivity (Wildman–Crippen MR) is 182 cm³/mol. The first-order valence-electron chi connectivity index (χ1n) is 17.5. The molecule has 5 heterocycles. The van der Waals surface area contributed by atoms with E-state index in [-0.39, 0.29) is 88.0 Å². The van der Waals surface area contributed by atoms with Gasteiger partial charge in [-0.15, -0.1) is 6.42 Å². The Hall–Kier alpha value is -4.88. The van der Waals surface area contributed by atoms with Crippen molar-refractivity contribution < 1.29 is 46.1 Å². The van der Waals surface area contributed by atoms with Crippen LogP contribution in [0.2, 0.25) is 0 Å². The average Bonchev–Trinajstić information content (AvgIpc) is 3.85. The van der Waals surface area contributed by atoms with E-state index in [1.807, 2.05) is 0 Å². The quantitative estimate of drug-likeness (QED) is 0.325. The number of allylic oxidation sites excluding steroid dienone is 2. The largest absolute Gasteiger partial charge is 0.512 e. The molecule has 8 rings (SSSR count). The Kier molecular flexibility index (Phi) is 8.76. The number of anilines is 1. The Morgan fingerprint density at radius 1 is 1.15 bits per heavy atom. The molecule has 4 fully saturated rings. The van der Waals surface area contributed by atoms with Gasteiger partial charge in [-0.25, -0.2) is 8.78 Å². The van der Waals surface area contributed by atoms with Crippen LogP contribution < -0.4 is 25.5 Å². The number of rotatable bonds is 7. The molecule has 2 N–H and O–H groups in total.